The second kappa shape index (κ2) is 7.47. The standard InChI is InChI=1S/C13H15Cl2FN2O3/c1-6(2)10(5-11(19)20)17-13(21)18-12-8(14)3-7(16)4-9(12)15/h3-4,6,10H,5H2,1-2H3,(H,19,20)(H2,17,18,21). The van der Waals surface area contributed by atoms with E-state index in [0.29, 0.717) is 0 Å². The lowest BCUT2D eigenvalue weighted by Crippen LogP contribution is -2.42. The van der Waals surface area contributed by atoms with Crippen LogP contribution in [0.3, 0.4) is 0 Å². The Morgan fingerprint density at radius 2 is 1.81 bits per heavy atom. The summed E-state index contributed by atoms with van der Waals surface area (Å²) in [6.07, 6.45) is -0.212. The predicted molar refractivity (Wildman–Crippen MR) is 79.5 cm³/mol. The summed E-state index contributed by atoms with van der Waals surface area (Å²) in [6, 6.07) is 0.811. The third-order valence-electron chi connectivity index (χ3n) is 2.76. The summed E-state index contributed by atoms with van der Waals surface area (Å²) in [6.45, 7) is 3.57. The van der Waals surface area contributed by atoms with E-state index in [1.54, 1.807) is 13.8 Å². The molecule has 116 valence electrons. The van der Waals surface area contributed by atoms with Crippen LogP contribution < -0.4 is 10.6 Å². The minimum atomic E-state index is -1.02. The van der Waals surface area contributed by atoms with Crippen LogP contribution in [0, 0.1) is 11.7 Å². The lowest BCUT2D eigenvalue weighted by atomic mass is 10.0. The van der Waals surface area contributed by atoms with Gasteiger partial charge in [0, 0.05) is 6.04 Å². The number of anilines is 1. The summed E-state index contributed by atoms with van der Waals surface area (Å²) < 4.78 is 13.0. The Morgan fingerprint density at radius 3 is 2.24 bits per heavy atom. The number of carbonyl (C=O) groups is 2. The third-order valence-corrected chi connectivity index (χ3v) is 3.36. The van der Waals surface area contributed by atoms with Gasteiger partial charge in [-0.25, -0.2) is 9.18 Å². The van der Waals surface area contributed by atoms with E-state index in [1.165, 1.54) is 0 Å². The number of urea groups is 1. The molecule has 1 unspecified atom stereocenters. The fraction of sp³-hybridized carbons (Fsp3) is 0.385. The molecule has 0 saturated carbocycles. The lowest BCUT2D eigenvalue weighted by Gasteiger charge is -2.21. The molecule has 1 atom stereocenters. The van der Waals surface area contributed by atoms with Crippen LogP contribution >= 0.6 is 23.2 Å². The molecule has 0 aromatic heterocycles. The molecule has 0 heterocycles. The van der Waals surface area contributed by atoms with Crippen molar-refractivity contribution in [2.45, 2.75) is 26.3 Å². The van der Waals surface area contributed by atoms with Gasteiger partial charge in [0.05, 0.1) is 22.2 Å². The summed E-state index contributed by atoms with van der Waals surface area (Å²) in [5.41, 5.74) is 0.0649. The zero-order valence-electron chi connectivity index (χ0n) is 11.4. The first-order valence-electron chi connectivity index (χ1n) is 6.14. The molecule has 0 bridgehead atoms. The highest BCUT2D eigenvalue weighted by Gasteiger charge is 2.20. The van der Waals surface area contributed by atoms with E-state index >= 15 is 0 Å². The summed E-state index contributed by atoms with van der Waals surface area (Å²) in [7, 11) is 0. The zero-order chi connectivity index (χ0) is 16.2. The van der Waals surface area contributed by atoms with Crippen molar-refractivity contribution in [2.24, 2.45) is 5.92 Å². The highest BCUT2D eigenvalue weighted by molar-refractivity contribution is 6.39. The Labute approximate surface area is 131 Å². The van der Waals surface area contributed by atoms with E-state index < -0.39 is 23.9 Å². The minimum Gasteiger partial charge on any atom is -0.481 e. The van der Waals surface area contributed by atoms with Gasteiger partial charge in [0.15, 0.2) is 0 Å². The van der Waals surface area contributed by atoms with Crippen LogP contribution in [-0.2, 0) is 4.79 Å². The number of amides is 2. The fourth-order valence-electron chi connectivity index (χ4n) is 1.62. The molecular formula is C13H15Cl2FN2O3. The van der Waals surface area contributed by atoms with Gasteiger partial charge in [-0.1, -0.05) is 37.0 Å². The number of rotatable bonds is 5. The van der Waals surface area contributed by atoms with Gasteiger partial charge in [0.2, 0.25) is 0 Å². The van der Waals surface area contributed by atoms with Crippen molar-refractivity contribution in [1.29, 1.82) is 0 Å². The zero-order valence-corrected chi connectivity index (χ0v) is 12.9. The van der Waals surface area contributed by atoms with Crippen molar-refractivity contribution in [2.75, 3.05) is 5.32 Å². The SMILES string of the molecule is CC(C)C(CC(=O)O)NC(=O)Nc1c(Cl)cc(F)cc1Cl. The summed E-state index contributed by atoms with van der Waals surface area (Å²) >= 11 is 11.6. The van der Waals surface area contributed by atoms with Gasteiger partial charge in [0.25, 0.3) is 0 Å². The van der Waals surface area contributed by atoms with Crippen molar-refractivity contribution in [1.82, 2.24) is 5.32 Å². The molecule has 0 fully saturated rings. The largest absolute Gasteiger partial charge is 0.481 e. The number of halogens is 3. The van der Waals surface area contributed by atoms with E-state index in [0.717, 1.165) is 12.1 Å². The van der Waals surface area contributed by atoms with E-state index in [1.807, 2.05) is 0 Å². The molecule has 8 heteroatoms. The molecule has 1 aromatic carbocycles. The van der Waals surface area contributed by atoms with E-state index in [9.17, 15) is 14.0 Å². The molecule has 0 aliphatic heterocycles. The van der Waals surface area contributed by atoms with Crippen LogP contribution in [0.4, 0.5) is 14.9 Å². The number of carbonyl (C=O) groups excluding carboxylic acids is 1. The van der Waals surface area contributed by atoms with Gasteiger partial charge >= 0.3 is 12.0 Å². The number of carboxylic acid groups (broad SMARTS) is 1. The summed E-state index contributed by atoms with van der Waals surface area (Å²) in [4.78, 5) is 22.6. The second-order valence-corrected chi connectivity index (χ2v) is 5.61. The maximum atomic E-state index is 13.0. The Kier molecular flexibility index (Phi) is 6.23. The lowest BCUT2D eigenvalue weighted by molar-refractivity contribution is -0.137. The summed E-state index contributed by atoms with van der Waals surface area (Å²) in [5, 5.41) is 13.6. The van der Waals surface area contributed by atoms with Crippen LogP contribution in [0.1, 0.15) is 20.3 Å². The molecule has 1 aromatic rings. The van der Waals surface area contributed by atoms with Crippen LogP contribution in [0.15, 0.2) is 12.1 Å². The predicted octanol–water partition coefficient (Wildman–Crippen LogP) is 3.75. The minimum absolute atomic E-state index is 0.0468. The van der Waals surface area contributed by atoms with Gasteiger partial charge in [-0.3, -0.25) is 4.79 Å². The molecule has 0 radical (unpaired) electrons. The van der Waals surface area contributed by atoms with Crippen LogP contribution in [0.25, 0.3) is 0 Å². The van der Waals surface area contributed by atoms with E-state index in [-0.39, 0.29) is 28.1 Å². The average molecular weight is 337 g/mol. The van der Waals surface area contributed by atoms with Crippen LogP contribution in [-0.4, -0.2) is 23.1 Å². The fourth-order valence-corrected chi connectivity index (χ4v) is 2.18. The number of carboxylic acids is 1. The van der Waals surface area contributed by atoms with Gasteiger partial charge in [-0.05, 0) is 18.1 Å². The third kappa shape index (κ3) is 5.40. The van der Waals surface area contributed by atoms with Crippen molar-refractivity contribution in [3.05, 3.63) is 28.0 Å². The van der Waals surface area contributed by atoms with Crippen molar-refractivity contribution >= 4 is 40.9 Å². The maximum Gasteiger partial charge on any atom is 0.319 e. The van der Waals surface area contributed by atoms with E-state index in [4.69, 9.17) is 28.3 Å². The molecule has 0 saturated heterocycles. The molecular weight excluding hydrogens is 322 g/mol. The Hall–Kier alpha value is -1.53. The molecule has 2 amide bonds. The quantitative estimate of drug-likeness (QED) is 0.766. The molecule has 0 spiro atoms. The second-order valence-electron chi connectivity index (χ2n) is 4.79. The molecule has 21 heavy (non-hydrogen) atoms. The Bertz CT molecular complexity index is 529. The van der Waals surface area contributed by atoms with E-state index in [2.05, 4.69) is 10.6 Å². The van der Waals surface area contributed by atoms with Gasteiger partial charge in [-0.15, -0.1) is 0 Å². The number of hydrogen-bond donors (Lipinski definition) is 3. The topological polar surface area (TPSA) is 78.4 Å². The molecule has 1 rings (SSSR count). The van der Waals surface area contributed by atoms with Crippen molar-refractivity contribution < 1.29 is 19.1 Å². The molecule has 5 nitrogen and oxygen atoms in total. The average Bonchev–Trinajstić information content (AvgIpc) is 2.32. The smallest absolute Gasteiger partial charge is 0.319 e. The summed E-state index contributed by atoms with van der Waals surface area (Å²) in [5.74, 6) is -1.72. The monoisotopic (exact) mass is 336 g/mol. The molecule has 3 N–H and O–H groups in total. The van der Waals surface area contributed by atoms with Gasteiger partial charge in [0.1, 0.15) is 5.82 Å². The van der Waals surface area contributed by atoms with Crippen LogP contribution in [0.5, 0.6) is 0 Å². The van der Waals surface area contributed by atoms with Crippen LogP contribution in [0.2, 0.25) is 10.0 Å². The van der Waals surface area contributed by atoms with Crippen molar-refractivity contribution in [3.8, 4) is 0 Å². The number of hydrogen-bond acceptors (Lipinski definition) is 2. The normalized spacial score (nSPS) is 12.1. The first-order valence-corrected chi connectivity index (χ1v) is 6.90. The highest BCUT2D eigenvalue weighted by atomic mass is 35.5. The molecule has 0 aliphatic carbocycles. The van der Waals surface area contributed by atoms with Gasteiger partial charge < -0.3 is 15.7 Å². The molecule has 0 aliphatic rings. The maximum absolute atomic E-state index is 13.0. The Balaban J connectivity index is 2.79. The first kappa shape index (κ1) is 17.5. The number of aliphatic carboxylic acids is 1. The highest BCUT2D eigenvalue weighted by Crippen LogP contribution is 2.31. The Morgan fingerprint density at radius 1 is 1.29 bits per heavy atom. The van der Waals surface area contributed by atoms with Crippen molar-refractivity contribution in [3.63, 3.8) is 0 Å². The number of nitrogens with one attached hydrogen (secondary N) is 2. The first-order chi connectivity index (χ1) is 9.70. The number of benzene rings is 1. The van der Waals surface area contributed by atoms with Gasteiger partial charge in [-0.2, -0.15) is 0 Å².